The minimum absolute atomic E-state index is 0.0178. The number of carbonyl (C=O) groups excluding carboxylic acids is 1. The Morgan fingerprint density at radius 3 is 2.33 bits per heavy atom. The molecule has 1 fully saturated rings. The molecule has 0 aliphatic carbocycles. The number of aliphatic hydroxyl groups excluding tert-OH is 1. The van der Waals surface area contributed by atoms with Crippen molar-refractivity contribution in [2.24, 2.45) is 11.8 Å². The van der Waals surface area contributed by atoms with Gasteiger partial charge in [-0.15, -0.1) is 0 Å². The maximum Gasteiger partial charge on any atom is 0.223 e. The lowest BCUT2D eigenvalue weighted by molar-refractivity contribution is -0.129. The third kappa shape index (κ3) is 2.92. The molecular weight excluding hydrogens is 192 g/mol. The molecule has 0 radical (unpaired) electrons. The Hall–Kier alpha value is -0.610. The largest absolute Gasteiger partial charge is 0.391 e. The van der Waals surface area contributed by atoms with Gasteiger partial charge in [-0.25, -0.2) is 0 Å². The van der Waals surface area contributed by atoms with E-state index in [-0.39, 0.29) is 11.8 Å². The first-order chi connectivity index (χ1) is 6.84. The number of hydrogen-bond acceptors (Lipinski definition) is 3. The highest BCUT2D eigenvalue weighted by atomic mass is 16.3. The van der Waals surface area contributed by atoms with Crippen LogP contribution in [0.2, 0.25) is 0 Å². The minimum atomic E-state index is -0.553. The molecule has 2 atom stereocenters. The van der Waals surface area contributed by atoms with Crippen molar-refractivity contribution in [1.82, 2.24) is 10.6 Å². The molecule has 0 aromatic carbocycles. The molecule has 2 unspecified atom stereocenters. The summed E-state index contributed by atoms with van der Waals surface area (Å²) < 4.78 is 0. The lowest BCUT2D eigenvalue weighted by Crippen LogP contribution is -2.56. The molecule has 0 saturated carbocycles. The minimum Gasteiger partial charge on any atom is -0.391 e. The molecule has 0 bridgehead atoms. The summed E-state index contributed by atoms with van der Waals surface area (Å²) in [4.78, 5) is 11.8. The summed E-state index contributed by atoms with van der Waals surface area (Å²) in [5.74, 6) is 0.492. The number of hydrogen-bond donors (Lipinski definition) is 3. The molecule has 1 aliphatic heterocycles. The van der Waals surface area contributed by atoms with Crippen LogP contribution in [0, 0.1) is 11.8 Å². The number of rotatable bonds is 4. The lowest BCUT2D eigenvalue weighted by atomic mass is 9.87. The number of amides is 1. The Labute approximate surface area is 91.4 Å². The van der Waals surface area contributed by atoms with Crippen LogP contribution in [-0.4, -0.2) is 35.7 Å². The molecule has 0 aromatic rings. The van der Waals surface area contributed by atoms with E-state index in [1.165, 1.54) is 0 Å². The van der Waals surface area contributed by atoms with Crippen molar-refractivity contribution in [3.63, 3.8) is 0 Å². The zero-order valence-electron chi connectivity index (χ0n) is 10.0. The average molecular weight is 214 g/mol. The second-order valence-electron chi connectivity index (χ2n) is 5.09. The highest BCUT2D eigenvalue weighted by molar-refractivity contribution is 5.79. The summed E-state index contributed by atoms with van der Waals surface area (Å²) in [5.41, 5.74) is -0.553. The monoisotopic (exact) mass is 214 g/mol. The SMILES string of the molecule is CC(C(=O)NC(C)(C)C(C)O)C1CNC1. The fraction of sp³-hybridized carbons (Fsp3) is 0.909. The Morgan fingerprint density at radius 1 is 1.47 bits per heavy atom. The van der Waals surface area contributed by atoms with Crippen molar-refractivity contribution in [1.29, 1.82) is 0 Å². The molecule has 1 aliphatic rings. The molecule has 4 nitrogen and oxygen atoms in total. The van der Waals surface area contributed by atoms with Gasteiger partial charge in [0.1, 0.15) is 0 Å². The van der Waals surface area contributed by atoms with Crippen molar-refractivity contribution < 1.29 is 9.90 Å². The lowest BCUT2D eigenvalue weighted by Gasteiger charge is -2.35. The van der Waals surface area contributed by atoms with Crippen molar-refractivity contribution >= 4 is 5.91 Å². The Morgan fingerprint density at radius 2 is 2.00 bits per heavy atom. The van der Waals surface area contributed by atoms with E-state index in [1.54, 1.807) is 6.92 Å². The number of carbonyl (C=O) groups is 1. The smallest absolute Gasteiger partial charge is 0.223 e. The van der Waals surface area contributed by atoms with Gasteiger partial charge in [0.15, 0.2) is 0 Å². The first-order valence-electron chi connectivity index (χ1n) is 5.55. The van der Waals surface area contributed by atoms with Gasteiger partial charge >= 0.3 is 0 Å². The van der Waals surface area contributed by atoms with Crippen molar-refractivity contribution in [2.75, 3.05) is 13.1 Å². The molecule has 15 heavy (non-hydrogen) atoms. The van der Waals surface area contributed by atoms with Gasteiger partial charge in [0, 0.05) is 5.92 Å². The average Bonchev–Trinajstić information content (AvgIpc) is 1.99. The number of aliphatic hydroxyl groups is 1. The van der Waals surface area contributed by atoms with Gasteiger partial charge in [-0.05, 0) is 39.8 Å². The summed E-state index contributed by atoms with van der Waals surface area (Å²) in [6, 6.07) is 0. The van der Waals surface area contributed by atoms with E-state index in [1.807, 2.05) is 20.8 Å². The Balaban J connectivity index is 2.46. The summed E-state index contributed by atoms with van der Waals surface area (Å²) in [6.07, 6.45) is -0.548. The second kappa shape index (κ2) is 4.49. The molecule has 1 amide bonds. The fourth-order valence-electron chi connectivity index (χ4n) is 1.41. The zero-order chi connectivity index (χ0) is 11.6. The predicted molar refractivity (Wildman–Crippen MR) is 59.4 cm³/mol. The molecule has 1 rings (SSSR count). The predicted octanol–water partition coefficient (Wildman–Crippen LogP) is 0.118. The summed E-state index contributed by atoms with van der Waals surface area (Å²) in [7, 11) is 0. The first-order valence-corrected chi connectivity index (χ1v) is 5.55. The van der Waals surface area contributed by atoms with Crippen LogP contribution in [0.4, 0.5) is 0 Å². The van der Waals surface area contributed by atoms with Gasteiger partial charge in [-0.2, -0.15) is 0 Å². The van der Waals surface area contributed by atoms with Gasteiger partial charge in [-0.1, -0.05) is 6.92 Å². The van der Waals surface area contributed by atoms with Crippen molar-refractivity contribution in [2.45, 2.75) is 39.3 Å². The van der Waals surface area contributed by atoms with Gasteiger partial charge < -0.3 is 15.7 Å². The highest BCUT2D eigenvalue weighted by Crippen LogP contribution is 2.18. The summed E-state index contributed by atoms with van der Waals surface area (Å²) >= 11 is 0. The fourth-order valence-corrected chi connectivity index (χ4v) is 1.41. The maximum absolute atomic E-state index is 11.8. The molecule has 0 aromatic heterocycles. The first kappa shape index (κ1) is 12.5. The van der Waals surface area contributed by atoms with Crippen LogP contribution in [-0.2, 0) is 4.79 Å². The van der Waals surface area contributed by atoms with Crippen LogP contribution in [0.15, 0.2) is 0 Å². The normalized spacial score (nSPS) is 21.7. The highest BCUT2D eigenvalue weighted by Gasteiger charge is 2.33. The van der Waals surface area contributed by atoms with E-state index in [4.69, 9.17) is 0 Å². The van der Waals surface area contributed by atoms with Gasteiger partial charge in [0.2, 0.25) is 5.91 Å². The quantitative estimate of drug-likeness (QED) is 0.623. The molecule has 0 spiro atoms. The van der Waals surface area contributed by atoms with E-state index in [2.05, 4.69) is 10.6 Å². The van der Waals surface area contributed by atoms with Crippen molar-refractivity contribution in [3.05, 3.63) is 0 Å². The van der Waals surface area contributed by atoms with Crippen LogP contribution in [0.3, 0.4) is 0 Å². The van der Waals surface area contributed by atoms with E-state index >= 15 is 0 Å². The van der Waals surface area contributed by atoms with E-state index in [0.717, 1.165) is 13.1 Å². The van der Waals surface area contributed by atoms with E-state index < -0.39 is 11.6 Å². The van der Waals surface area contributed by atoms with E-state index in [0.29, 0.717) is 5.92 Å². The Bertz CT molecular complexity index is 235. The zero-order valence-corrected chi connectivity index (χ0v) is 10.0. The van der Waals surface area contributed by atoms with Crippen LogP contribution < -0.4 is 10.6 Å². The molecule has 88 valence electrons. The molecule has 1 heterocycles. The van der Waals surface area contributed by atoms with Gasteiger partial charge in [0.25, 0.3) is 0 Å². The van der Waals surface area contributed by atoms with Crippen LogP contribution in [0.25, 0.3) is 0 Å². The molecule has 3 N–H and O–H groups in total. The Kier molecular flexibility index (Phi) is 3.73. The molecular formula is C11H22N2O2. The van der Waals surface area contributed by atoms with Crippen LogP contribution in [0.5, 0.6) is 0 Å². The standard InChI is InChI=1S/C11H22N2O2/c1-7(9-5-12-6-9)10(15)13-11(3,4)8(2)14/h7-9,12,14H,5-6H2,1-4H3,(H,13,15). The van der Waals surface area contributed by atoms with Gasteiger partial charge in [-0.3, -0.25) is 4.79 Å². The number of nitrogens with one attached hydrogen (secondary N) is 2. The maximum atomic E-state index is 11.8. The third-order valence-electron chi connectivity index (χ3n) is 3.42. The second-order valence-corrected chi connectivity index (χ2v) is 5.09. The topological polar surface area (TPSA) is 61.4 Å². The van der Waals surface area contributed by atoms with Gasteiger partial charge in [0.05, 0.1) is 11.6 Å². The van der Waals surface area contributed by atoms with Crippen LogP contribution >= 0.6 is 0 Å². The summed E-state index contributed by atoms with van der Waals surface area (Å²) in [5, 5.41) is 15.5. The van der Waals surface area contributed by atoms with Crippen molar-refractivity contribution in [3.8, 4) is 0 Å². The summed E-state index contributed by atoms with van der Waals surface area (Å²) in [6.45, 7) is 9.14. The van der Waals surface area contributed by atoms with Crippen LogP contribution in [0.1, 0.15) is 27.7 Å². The molecule has 4 heteroatoms. The van der Waals surface area contributed by atoms with E-state index in [9.17, 15) is 9.90 Å². The molecule has 1 saturated heterocycles. The third-order valence-corrected chi connectivity index (χ3v) is 3.42.